The fraction of sp³-hybridized carbons (Fsp3) is 0.455. The zero-order chi connectivity index (χ0) is 9.97. The molecule has 2 nitrogen and oxygen atoms in total. The molecular formula is C11H15NOS. The third-order valence-corrected chi connectivity index (χ3v) is 3.69. The van der Waals surface area contributed by atoms with Crippen LogP contribution in [-0.4, -0.2) is 24.9 Å². The Hall–Kier alpha value is -0.670. The van der Waals surface area contributed by atoms with Crippen molar-refractivity contribution >= 4 is 11.8 Å². The fourth-order valence-corrected chi connectivity index (χ4v) is 2.60. The molecule has 14 heavy (non-hydrogen) atoms. The van der Waals surface area contributed by atoms with Crippen molar-refractivity contribution in [1.82, 2.24) is 5.32 Å². The lowest BCUT2D eigenvalue weighted by atomic mass is 10.2. The van der Waals surface area contributed by atoms with E-state index in [1.807, 2.05) is 30.9 Å². The average molecular weight is 209 g/mol. The van der Waals surface area contributed by atoms with Gasteiger partial charge in [-0.15, -0.1) is 11.8 Å². The molecule has 3 heteroatoms. The molecular weight excluding hydrogens is 194 g/mol. The Morgan fingerprint density at radius 1 is 1.50 bits per heavy atom. The second-order valence-corrected chi connectivity index (χ2v) is 4.55. The van der Waals surface area contributed by atoms with Gasteiger partial charge >= 0.3 is 0 Å². The van der Waals surface area contributed by atoms with E-state index in [9.17, 15) is 0 Å². The lowest BCUT2D eigenvalue weighted by Crippen LogP contribution is -2.41. The molecule has 1 aliphatic rings. The zero-order valence-electron chi connectivity index (χ0n) is 8.49. The van der Waals surface area contributed by atoms with E-state index >= 15 is 0 Å². The van der Waals surface area contributed by atoms with Gasteiger partial charge in [0.2, 0.25) is 0 Å². The van der Waals surface area contributed by atoms with Gasteiger partial charge in [0.25, 0.3) is 0 Å². The summed E-state index contributed by atoms with van der Waals surface area (Å²) in [4.78, 5) is 1.26. The molecule has 2 unspecified atom stereocenters. The van der Waals surface area contributed by atoms with E-state index in [-0.39, 0.29) is 6.10 Å². The van der Waals surface area contributed by atoms with E-state index in [2.05, 4.69) is 24.4 Å². The van der Waals surface area contributed by atoms with Gasteiger partial charge in [0.05, 0.1) is 0 Å². The van der Waals surface area contributed by atoms with Crippen LogP contribution < -0.4 is 10.1 Å². The zero-order valence-corrected chi connectivity index (χ0v) is 9.30. The first-order valence-corrected chi connectivity index (χ1v) is 5.85. The van der Waals surface area contributed by atoms with E-state index in [1.165, 1.54) is 4.90 Å². The largest absolute Gasteiger partial charge is 0.487 e. The molecule has 0 fully saturated rings. The second-order valence-electron chi connectivity index (χ2n) is 3.49. The van der Waals surface area contributed by atoms with E-state index in [0.29, 0.717) is 6.04 Å². The number of para-hydroxylation sites is 1. The Kier molecular flexibility index (Phi) is 2.99. The predicted octanol–water partition coefficient (Wildman–Crippen LogP) is 2.15. The van der Waals surface area contributed by atoms with Crippen molar-refractivity contribution in [3.8, 4) is 5.75 Å². The number of benzene rings is 1. The van der Waals surface area contributed by atoms with Crippen molar-refractivity contribution in [3.05, 3.63) is 24.3 Å². The molecule has 1 aromatic rings. The summed E-state index contributed by atoms with van der Waals surface area (Å²) in [7, 11) is 1.97. The molecule has 76 valence electrons. The predicted molar refractivity (Wildman–Crippen MR) is 60.1 cm³/mol. The molecule has 1 aliphatic heterocycles. The number of ether oxygens (including phenoxy) is 1. The summed E-state index contributed by atoms with van der Waals surface area (Å²) in [6.45, 7) is 2.15. The van der Waals surface area contributed by atoms with Crippen molar-refractivity contribution in [2.75, 3.05) is 12.8 Å². The van der Waals surface area contributed by atoms with E-state index in [1.54, 1.807) is 0 Å². The Labute approximate surface area is 89.0 Å². The Morgan fingerprint density at radius 2 is 2.29 bits per heavy atom. The second kappa shape index (κ2) is 4.24. The van der Waals surface area contributed by atoms with Crippen LogP contribution in [0.25, 0.3) is 0 Å². The van der Waals surface area contributed by atoms with Crippen LogP contribution in [0.4, 0.5) is 0 Å². The number of nitrogens with one attached hydrogen (secondary N) is 1. The van der Waals surface area contributed by atoms with Gasteiger partial charge in [-0.1, -0.05) is 12.1 Å². The lowest BCUT2D eigenvalue weighted by Gasteiger charge is -2.29. The molecule has 1 N–H and O–H groups in total. The molecule has 0 aromatic heterocycles. The van der Waals surface area contributed by atoms with Crippen LogP contribution >= 0.6 is 11.8 Å². The maximum atomic E-state index is 5.90. The molecule has 0 amide bonds. The maximum Gasteiger partial charge on any atom is 0.133 e. The number of hydrogen-bond acceptors (Lipinski definition) is 3. The Morgan fingerprint density at radius 3 is 3.07 bits per heavy atom. The van der Waals surface area contributed by atoms with Gasteiger partial charge in [0.15, 0.2) is 0 Å². The quantitative estimate of drug-likeness (QED) is 0.806. The lowest BCUT2D eigenvalue weighted by molar-refractivity contribution is 0.178. The van der Waals surface area contributed by atoms with Gasteiger partial charge in [0.1, 0.15) is 11.9 Å². The van der Waals surface area contributed by atoms with Crippen molar-refractivity contribution in [2.45, 2.75) is 24.0 Å². The van der Waals surface area contributed by atoms with Crippen LogP contribution in [-0.2, 0) is 0 Å². The highest BCUT2D eigenvalue weighted by molar-refractivity contribution is 7.99. The molecule has 0 spiro atoms. The van der Waals surface area contributed by atoms with Gasteiger partial charge in [-0.05, 0) is 26.1 Å². The summed E-state index contributed by atoms with van der Waals surface area (Å²) < 4.78 is 5.90. The van der Waals surface area contributed by atoms with Gasteiger partial charge < -0.3 is 10.1 Å². The van der Waals surface area contributed by atoms with Crippen LogP contribution in [0.3, 0.4) is 0 Å². The first-order chi connectivity index (χ1) is 6.81. The smallest absolute Gasteiger partial charge is 0.133 e. The van der Waals surface area contributed by atoms with Crippen LogP contribution in [0.1, 0.15) is 6.92 Å². The van der Waals surface area contributed by atoms with Gasteiger partial charge in [-0.25, -0.2) is 0 Å². The molecule has 0 bridgehead atoms. The number of thioether (sulfide) groups is 1. The summed E-state index contributed by atoms with van der Waals surface area (Å²) in [5, 5.41) is 3.23. The van der Waals surface area contributed by atoms with Crippen LogP contribution in [0.2, 0.25) is 0 Å². The maximum absolute atomic E-state index is 5.90. The minimum absolute atomic E-state index is 0.278. The Balaban J connectivity index is 2.13. The SMILES string of the molecule is CNC(C)C1CSc2ccccc2O1. The summed E-state index contributed by atoms with van der Waals surface area (Å²) in [6, 6.07) is 8.62. The summed E-state index contributed by atoms with van der Waals surface area (Å²) in [6.07, 6.45) is 0.278. The number of fused-ring (bicyclic) bond motifs is 1. The fourth-order valence-electron chi connectivity index (χ4n) is 1.47. The minimum atomic E-state index is 0.278. The molecule has 1 aromatic carbocycles. The third kappa shape index (κ3) is 1.88. The first kappa shape index (κ1) is 9.87. The van der Waals surface area contributed by atoms with Crippen molar-refractivity contribution < 1.29 is 4.74 Å². The minimum Gasteiger partial charge on any atom is -0.487 e. The van der Waals surface area contributed by atoms with Gasteiger partial charge in [-0.2, -0.15) is 0 Å². The number of likely N-dealkylation sites (N-methyl/N-ethyl adjacent to an activating group) is 1. The highest BCUT2D eigenvalue weighted by Crippen LogP contribution is 2.35. The molecule has 0 saturated carbocycles. The summed E-state index contributed by atoms with van der Waals surface area (Å²) in [5.74, 6) is 2.05. The van der Waals surface area contributed by atoms with Crippen molar-refractivity contribution in [3.63, 3.8) is 0 Å². The van der Waals surface area contributed by atoms with E-state index in [0.717, 1.165) is 11.5 Å². The van der Waals surface area contributed by atoms with Crippen molar-refractivity contribution in [1.29, 1.82) is 0 Å². The van der Waals surface area contributed by atoms with Gasteiger partial charge in [0, 0.05) is 16.7 Å². The molecule has 0 aliphatic carbocycles. The van der Waals surface area contributed by atoms with Gasteiger partial charge in [-0.3, -0.25) is 0 Å². The molecule has 1 heterocycles. The highest BCUT2D eigenvalue weighted by atomic mass is 32.2. The topological polar surface area (TPSA) is 21.3 Å². The van der Waals surface area contributed by atoms with Crippen molar-refractivity contribution in [2.24, 2.45) is 0 Å². The molecule has 2 rings (SSSR count). The number of hydrogen-bond donors (Lipinski definition) is 1. The number of rotatable bonds is 2. The Bertz CT molecular complexity index is 316. The average Bonchev–Trinajstić information content (AvgIpc) is 2.27. The monoisotopic (exact) mass is 209 g/mol. The molecule has 0 radical (unpaired) electrons. The first-order valence-electron chi connectivity index (χ1n) is 4.87. The highest BCUT2D eigenvalue weighted by Gasteiger charge is 2.23. The molecule has 0 saturated heterocycles. The summed E-state index contributed by atoms with van der Waals surface area (Å²) in [5.41, 5.74) is 0. The van der Waals surface area contributed by atoms with Crippen LogP contribution in [0.15, 0.2) is 29.2 Å². The standard InChI is InChI=1S/C11H15NOS/c1-8(12-2)10-7-14-11-6-4-3-5-9(11)13-10/h3-6,8,10,12H,7H2,1-2H3. The van der Waals surface area contributed by atoms with E-state index < -0.39 is 0 Å². The van der Waals surface area contributed by atoms with Crippen LogP contribution in [0.5, 0.6) is 5.75 Å². The van der Waals surface area contributed by atoms with E-state index in [4.69, 9.17) is 4.74 Å². The van der Waals surface area contributed by atoms with Crippen LogP contribution in [0, 0.1) is 0 Å². The summed E-state index contributed by atoms with van der Waals surface area (Å²) >= 11 is 1.88. The third-order valence-electron chi connectivity index (χ3n) is 2.54. The molecule has 2 atom stereocenters. The normalized spacial score (nSPS) is 22.3.